The molecule has 0 bridgehead atoms. The van der Waals surface area contributed by atoms with Crippen molar-refractivity contribution in [1.82, 2.24) is 25.1 Å². The fraction of sp³-hybridized carbons (Fsp3) is 0.423. The number of nitrogens with zero attached hydrogens (tertiary/aromatic N) is 4. The van der Waals surface area contributed by atoms with Crippen molar-refractivity contribution in [1.29, 1.82) is 5.26 Å². The number of halogens is 1. The van der Waals surface area contributed by atoms with Gasteiger partial charge in [-0.1, -0.05) is 0 Å². The third kappa shape index (κ3) is 6.18. The predicted molar refractivity (Wildman–Crippen MR) is 133 cm³/mol. The second-order valence-corrected chi connectivity index (χ2v) is 8.61. The van der Waals surface area contributed by atoms with Crippen molar-refractivity contribution in [3.8, 4) is 17.6 Å². The van der Waals surface area contributed by atoms with Gasteiger partial charge in [-0.05, 0) is 50.2 Å². The zero-order valence-electron chi connectivity index (χ0n) is 20.5. The molecule has 4 rings (SSSR count). The zero-order chi connectivity index (χ0) is 25.5. The molecule has 190 valence electrons. The van der Waals surface area contributed by atoms with Crippen LogP contribution in [-0.2, 0) is 22.6 Å². The van der Waals surface area contributed by atoms with E-state index in [-0.39, 0.29) is 17.8 Å². The summed E-state index contributed by atoms with van der Waals surface area (Å²) < 4.78 is 26.8. The molecule has 10 heteroatoms. The highest BCUT2D eigenvalue weighted by Gasteiger charge is 2.26. The molecule has 0 saturated carbocycles. The quantitative estimate of drug-likeness (QED) is 0.418. The van der Waals surface area contributed by atoms with Crippen LogP contribution in [0.3, 0.4) is 0 Å². The molecule has 2 atom stereocenters. The van der Waals surface area contributed by atoms with Crippen LogP contribution in [0, 0.1) is 17.1 Å². The van der Waals surface area contributed by atoms with E-state index in [1.807, 2.05) is 32.0 Å². The monoisotopic (exact) mass is 494 g/mol. The van der Waals surface area contributed by atoms with Gasteiger partial charge in [0.15, 0.2) is 0 Å². The molecule has 1 aliphatic rings. The van der Waals surface area contributed by atoms with Crippen molar-refractivity contribution in [3.63, 3.8) is 0 Å². The lowest BCUT2D eigenvalue weighted by Gasteiger charge is -2.32. The highest BCUT2D eigenvalue weighted by molar-refractivity contribution is 5.82. The highest BCUT2D eigenvalue weighted by Crippen LogP contribution is 2.27. The van der Waals surface area contributed by atoms with E-state index in [1.165, 1.54) is 12.1 Å². The number of hydrogen-bond donors (Lipinski definition) is 2. The summed E-state index contributed by atoms with van der Waals surface area (Å²) in [6.45, 7) is 7.43. The molecule has 0 spiro atoms. The first-order valence-corrected chi connectivity index (χ1v) is 12.1. The lowest BCUT2D eigenvalue weighted by Crippen LogP contribution is -2.55. The molecule has 1 fully saturated rings. The number of carbonyl (C=O) groups excluding carboxylic acids is 1. The summed E-state index contributed by atoms with van der Waals surface area (Å²) in [5.41, 5.74) is 1.68. The Morgan fingerprint density at radius 1 is 1.31 bits per heavy atom. The van der Waals surface area contributed by atoms with E-state index in [0.29, 0.717) is 57.4 Å². The maximum atomic E-state index is 13.2. The Bertz CT molecular complexity index is 1220. The van der Waals surface area contributed by atoms with Crippen molar-refractivity contribution in [2.24, 2.45) is 0 Å². The molecule has 1 unspecified atom stereocenters. The van der Waals surface area contributed by atoms with E-state index in [1.54, 1.807) is 17.0 Å². The Kier molecular flexibility index (Phi) is 8.48. The number of carbonyl (C=O) groups is 1. The van der Waals surface area contributed by atoms with Crippen molar-refractivity contribution < 1.29 is 18.7 Å². The van der Waals surface area contributed by atoms with Gasteiger partial charge < -0.3 is 18.9 Å². The van der Waals surface area contributed by atoms with E-state index in [4.69, 9.17) is 14.5 Å². The Morgan fingerprint density at radius 3 is 2.83 bits per heavy atom. The SMILES string of the molecule is CCOCCn1c(CN[C@@H](C)C(=O)N2CCNC(C#N)C2)nc2ccc(Oc3ccc(F)cc3)cc21. The van der Waals surface area contributed by atoms with Gasteiger partial charge in [-0.15, -0.1) is 0 Å². The first-order chi connectivity index (χ1) is 17.5. The number of ether oxygens (including phenoxy) is 2. The number of imidazole rings is 1. The summed E-state index contributed by atoms with van der Waals surface area (Å²) in [5, 5.41) is 15.6. The van der Waals surface area contributed by atoms with Crippen molar-refractivity contribution in [2.45, 2.75) is 39.0 Å². The molecule has 1 aliphatic heterocycles. The fourth-order valence-electron chi connectivity index (χ4n) is 4.18. The van der Waals surface area contributed by atoms with Crippen LogP contribution in [0.25, 0.3) is 11.0 Å². The Hall–Kier alpha value is -3.52. The molecule has 1 saturated heterocycles. The van der Waals surface area contributed by atoms with Crippen molar-refractivity contribution in [2.75, 3.05) is 32.8 Å². The van der Waals surface area contributed by atoms with Crippen LogP contribution in [0.5, 0.6) is 11.5 Å². The number of piperazine rings is 1. The number of aromatic nitrogens is 2. The van der Waals surface area contributed by atoms with Crippen LogP contribution in [0.15, 0.2) is 42.5 Å². The van der Waals surface area contributed by atoms with Crippen molar-refractivity contribution in [3.05, 3.63) is 54.1 Å². The molecule has 36 heavy (non-hydrogen) atoms. The van der Waals surface area contributed by atoms with Gasteiger partial charge in [0.05, 0.1) is 36.3 Å². The molecule has 0 aliphatic carbocycles. The van der Waals surface area contributed by atoms with Gasteiger partial charge in [-0.3, -0.25) is 15.4 Å². The van der Waals surface area contributed by atoms with Crippen LogP contribution < -0.4 is 15.4 Å². The molecule has 1 amide bonds. The largest absolute Gasteiger partial charge is 0.457 e. The van der Waals surface area contributed by atoms with Crippen LogP contribution in [0.4, 0.5) is 4.39 Å². The molecule has 3 aromatic rings. The van der Waals surface area contributed by atoms with Crippen molar-refractivity contribution >= 4 is 16.9 Å². The molecule has 1 aromatic heterocycles. The minimum absolute atomic E-state index is 0.0382. The van der Waals surface area contributed by atoms with Crippen LogP contribution in [0.2, 0.25) is 0 Å². The fourth-order valence-corrected chi connectivity index (χ4v) is 4.18. The van der Waals surface area contributed by atoms with E-state index in [9.17, 15) is 14.4 Å². The summed E-state index contributed by atoms with van der Waals surface area (Å²) in [6.07, 6.45) is 0. The van der Waals surface area contributed by atoms with Crippen LogP contribution >= 0.6 is 0 Å². The molecule has 2 N–H and O–H groups in total. The summed E-state index contributed by atoms with van der Waals surface area (Å²) in [4.78, 5) is 19.4. The first-order valence-electron chi connectivity index (χ1n) is 12.1. The normalized spacial score (nSPS) is 16.6. The van der Waals surface area contributed by atoms with Crippen LogP contribution in [0.1, 0.15) is 19.7 Å². The van der Waals surface area contributed by atoms with E-state index >= 15 is 0 Å². The molecular weight excluding hydrogens is 463 g/mol. The predicted octanol–water partition coefficient (Wildman–Crippen LogP) is 2.81. The van der Waals surface area contributed by atoms with Crippen LogP contribution in [-0.4, -0.2) is 65.3 Å². The molecule has 2 aromatic carbocycles. The number of benzene rings is 2. The van der Waals surface area contributed by atoms with Gasteiger partial charge in [0.1, 0.15) is 29.2 Å². The highest BCUT2D eigenvalue weighted by atomic mass is 19.1. The number of amides is 1. The lowest BCUT2D eigenvalue weighted by atomic mass is 10.2. The summed E-state index contributed by atoms with van der Waals surface area (Å²) >= 11 is 0. The minimum Gasteiger partial charge on any atom is -0.457 e. The molecule has 0 radical (unpaired) electrons. The smallest absolute Gasteiger partial charge is 0.239 e. The lowest BCUT2D eigenvalue weighted by molar-refractivity contribution is -0.134. The van der Waals surface area contributed by atoms with Gasteiger partial charge in [0, 0.05) is 38.9 Å². The number of hydrogen-bond acceptors (Lipinski definition) is 7. The standard InChI is InChI=1S/C26H31FN6O3/c1-3-35-13-12-33-24-14-22(36-21-6-4-19(27)5-7-21)8-9-23(24)31-25(33)16-30-18(2)26(34)32-11-10-29-20(15-28)17-32/h4-9,14,18,20,29-30H,3,10-13,16-17H2,1-2H3/t18-,20?/m0/s1. The Labute approximate surface area is 209 Å². The molecule has 9 nitrogen and oxygen atoms in total. The average Bonchev–Trinajstić information content (AvgIpc) is 3.25. The Morgan fingerprint density at radius 2 is 2.08 bits per heavy atom. The maximum absolute atomic E-state index is 13.2. The van der Waals surface area contributed by atoms with E-state index in [0.717, 1.165) is 16.9 Å². The Balaban J connectivity index is 1.50. The zero-order valence-corrected chi connectivity index (χ0v) is 20.5. The van der Waals surface area contributed by atoms with E-state index < -0.39 is 6.04 Å². The topological polar surface area (TPSA) is 104 Å². The molecule has 2 heterocycles. The maximum Gasteiger partial charge on any atom is 0.239 e. The third-order valence-corrected chi connectivity index (χ3v) is 6.09. The summed E-state index contributed by atoms with van der Waals surface area (Å²) in [6, 6.07) is 12.9. The number of fused-ring (bicyclic) bond motifs is 1. The van der Waals surface area contributed by atoms with Gasteiger partial charge >= 0.3 is 0 Å². The van der Waals surface area contributed by atoms with Gasteiger partial charge in [-0.2, -0.15) is 5.26 Å². The van der Waals surface area contributed by atoms with Gasteiger partial charge in [-0.25, -0.2) is 9.37 Å². The first kappa shape index (κ1) is 25.6. The summed E-state index contributed by atoms with van der Waals surface area (Å²) in [5.74, 6) is 1.57. The second-order valence-electron chi connectivity index (χ2n) is 8.61. The third-order valence-electron chi connectivity index (χ3n) is 6.09. The number of nitriles is 1. The molecular formula is C26H31FN6O3. The van der Waals surface area contributed by atoms with E-state index in [2.05, 4.69) is 21.3 Å². The minimum atomic E-state index is -0.431. The summed E-state index contributed by atoms with van der Waals surface area (Å²) in [7, 11) is 0. The number of rotatable bonds is 10. The van der Waals surface area contributed by atoms with Gasteiger partial charge in [0.25, 0.3) is 0 Å². The van der Waals surface area contributed by atoms with Gasteiger partial charge in [0.2, 0.25) is 5.91 Å². The second kappa shape index (κ2) is 11.9. The average molecular weight is 495 g/mol. The number of nitrogens with one attached hydrogen (secondary N) is 2.